The maximum Gasteiger partial charge on any atom is 0.146 e. The number of piperidine rings is 1. The van der Waals surface area contributed by atoms with Crippen LogP contribution in [0.1, 0.15) is 30.4 Å². The molecule has 0 unspecified atom stereocenters. The second kappa shape index (κ2) is 7.31. The predicted molar refractivity (Wildman–Crippen MR) is 79.9 cm³/mol. The number of nitrogens with zero attached hydrogens (tertiary/aromatic N) is 5. The van der Waals surface area contributed by atoms with Crippen LogP contribution in [0.2, 0.25) is 0 Å². The van der Waals surface area contributed by atoms with Crippen molar-refractivity contribution in [1.29, 1.82) is 0 Å². The van der Waals surface area contributed by atoms with E-state index in [1.807, 2.05) is 21.1 Å². The summed E-state index contributed by atoms with van der Waals surface area (Å²) in [6.45, 7) is 2.50. The second-order valence-electron chi connectivity index (χ2n) is 6.12. The summed E-state index contributed by atoms with van der Waals surface area (Å²) in [4.78, 5) is 4.24. The third-order valence-electron chi connectivity index (χ3n) is 4.21. The van der Waals surface area contributed by atoms with Crippen LogP contribution in [0.4, 0.5) is 0 Å². The molecule has 0 aliphatic carbocycles. The lowest BCUT2D eigenvalue weighted by Crippen LogP contribution is -2.46. The van der Waals surface area contributed by atoms with Crippen molar-refractivity contribution in [3.05, 3.63) is 11.6 Å². The van der Waals surface area contributed by atoms with Crippen LogP contribution < -0.4 is 0 Å². The van der Waals surface area contributed by atoms with Gasteiger partial charge in [0.15, 0.2) is 0 Å². The second-order valence-corrected chi connectivity index (χ2v) is 6.12. The van der Waals surface area contributed by atoms with E-state index < -0.39 is 0 Å². The predicted octanol–water partition coefficient (Wildman–Crippen LogP) is -0.591. The zero-order chi connectivity index (χ0) is 15.4. The largest absolute Gasteiger partial charge is 0.395 e. The van der Waals surface area contributed by atoms with E-state index in [1.54, 1.807) is 0 Å². The van der Waals surface area contributed by atoms with Gasteiger partial charge in [-0.3, -0.25) is 4.90 Å². The van der Waals surface area contributed by atoms with E-state index in [9.17, 15) is 10.2 Å². The van der Waals surface area contributed by atoms with Gasteiger partial charge in [-0.15, -0.1) is 10.2 Å². The summed E-state index contributed by atoms with van der Waals surface area (Å²) in [5, 5.41) is 27.4. The van der Waals surface area contributed by atoms with Gasteiger partial charge in [-0.2, -0.15) is 0 Å². The SMILES string of the molecule is CN(C)Cc1nnc([C@H]2CCCN(C(CO)CO)C2)n1C. The molecule has 21 heavy (non-hydrogen) atoms. The Balaban J connectivity index is 2.09. The van der Waals surface area contributed by atoms with E-state index in [-0.39, 0.29) is 19.3 Å². The lowest BCUT2D eigenvalue weighted by atomic mass is 9.96. The normalized spacial score (nSPS) is 20.6. The van der Waals surface area contributed by atoms with Crippen LogP contribution >= 0.6 is 0 Å². The Morgan fingerprint density at radius 3 is 2.62 bits per heavy atom. The fraction of sp³-hybridized carbons (Fsp3) is 0.857. The molecule has 1 aromatic heterocycles. The molecule has 0 saturated carbocycles. The van der Waals surface area contributed by atoms with Gasteiger partial charge in [0.1, 0.15) is 11.6 Å². The van der Waals surface area contributed by atoms with Crippen molar-refractivity contribution >= 4 is 0 Å². The van der Waals surface area contributed by atoms with E-state index in [0.717, 1.165) is 44.1 Å². The molecule has 1 aliphatic heterocycles. The minimum absolute atomic E-state index is 0.00604. The molecule has 1 fully saturated rings. The fourth-order valence-electron chi connectivity index (χ4n) is 2.99. The van der Waals surface area contributed by atoms with Crippen LogP contribution in [0.15, 0.2) is 0 Å². The summed E-state index contributed by atoms with van der Waals surface area (Å²) < 4.78 is 2.08. The zero-order valence-corrected chi connectivity index (χ0v) is 13.2. The highest BCUT2D eigenvalue weighted by Gasteiger charge is 2.29. The first-order chi connectivity index (χ1) is 10.1. The molecular weight excluding hydrogens is 270 g/mol. The first-order valence-electron chi connectivity index (χ1n) is 7.55. The maximum atomic E-state index is 9.35. The molecule has 120 valence electrons. The average Bonchev–Trinajstić information content (AvgIpc) is 2.81. The number of aliphatic hydroxyl groups is 2. The molecule has 1 aliphatic rings. The first kappa shape index (κ1) is 16.4. The molecule has 2 N–H and O–H groups in total. The topological polar surface area (TPSA) is 77.7 Å². The smallest absolute Gasteiger partial charge is 0.146 e. The van der Waals surface area contributed by atoms with Gasteiger partial charge in [0.05, 0.1) is 25.8 Å². The molecule has 1 atom stereocenters. The Bertz CT molecular complexity index is 445. The highest BCUT2D eigenvalue weighted by Crippen LogP contribution is 2.26. The van der Waals surface area contributed by atoms with Crippen LogP contribution in [0.3, 0.4) is 0 Å². The van der Waals surface area contributed by atoms with Crippen molar-refractivity contribution in [2.75, 3.05) is 40.4 Å². The van der Waals surface area contributed by atoms with Crippen LogP contribution in [0.5, 0.6) is 0 Å². The standard InChI is InChI=1S/C14H27N5O2/c1-17(2)8-13-15-16-14(18(13)3)11-5-4-6-19(7-11)12(9-20)10-21/h11-12,20-21H,4-10H2,1-3H3/t11-/m0/s1. The fourth-order valence-corrected chi connectivity index (χ4v) is 2.99. The summed E-state index contributed by atoms with van der Waals surface area (Å²) in [5.41, 5.74) is 0. The van der Waals surface area contributed by atoms with Crippen LogP contribution in [-0.4, -0.2) is 81.2 Å². The van der Waals surface area contributed by atoms with E-state index in [4.69, 9.17) is 0 Å². The van der Waals surface area contributed by atoms with Crippen molar-refractivity contribution in [3.8, 4) is 0 Å². The number of hydrogen-bond acceptors (Lipinski definition) is 6. The molecule has 0 aromatic carbocycles. The van der Waals surface area contributed by atoms with E-state index in [0.29, 0.717) is 5.92 Å². The minimum atomic E-state index is -0.165. The van der Waals surface area contributed by atoms with Gasteiger partial charge in [0.25, 0.3) is 0 Å². The lowest BCUT2D eigenvalue weighted by Gasteiger charge is -2.36. The highest BCUT2D eigenvalue weighted by atomic mass is 16.3. The van der Waals surface area contributed by atoms with E-state index in [2.05, 4.69) is 24.6 Å². The third-order valence-corrected chi connectivity index (χ3v) is 4.21. The van der Waals surface area contributed by atoms with Crippen LogP contribution in [0.25, 0.3) is 0 Å². The molecule has 2 heterocycles. The summed E-state index contributed by atoms with van der Waals surface area (Å²) in [6.07, 6.45) is 2.13. The van der Waals surface area contributed by atoms with Crippen LogP contribution in [0, 0.1) is 0 Å². The van der Waals surface area contributed by atoms with E-state index >= 15 is 0 Å². The van der Waals surface area contributed by atoms with Gasteiger partial charge >= 0.3 is 0 Å². The molecule has 0 radical (unpaired) electrons. The van der Waals surface area contributed by atoms with Gasteiger partial charge in [-0.1, -0.05) is 0 Å². The number of likely N-dealkylation sites (tertiary alicyclic amines) is 1. The molecule has 7 nitrogen and oxygen atoms in total. The molecule has 2 rings (SSSR count). The highest BCUT2D eigenvalue weighted by molar-refractivity contribution is 5.04. The Kier molecular flexibility index (Phi) is 5.69. The monoisotopic (exact) mass is 297 g/mol. The number of aliphatic hydroxyl groups excluding tert-OH is 2. The Morgan fingerprint density at radius 1 is 1.29 bits per heavy atom. The first-order valence-corrected chi connectivity index (χ1v) is 7.55. The van der Waals surface area contributed by atoms with E-state index in [1.165, 1.54) is 0 Å². The van der Waals surface area contributed by atoms with Crippen molar-refractivity contribution in [2.45, 2.75) is 31.3 Å². The van der Waals surface area contributed by atoms with Crippen molar-refractivity contribution < 1.29 is 10.2 Å². The van der Waals surface area contributed by atoms with Gasteiger partial charge in [-0.05, 0) is 33.5 Å². The lowest BCUT2D eigenvalue weighted by molar-refractivity contribution is 0.0537. The molecule has 0 spiro atoms. The quantitative estimate of drug-likeness (QED) is 0.731. The average molecular weight is 297 g/mol. The summed E-state index contributed by atoms with van der Waals surface area (Å²) in [5.74, 6) is 2.28. The Hall–Kier alpha value is -1.02. The maximum absolute atomic E-state index is 9.35. The molecule has 0 amide bonds. The Morgan fingerprint density at radius 2 is 2.00 bits per heavy atom. The molecule has 0 bridgehead atoms. The summed E-state index contributed by atoms with van der Waals surface area (Å²) >= 11 is 0. The molecule has 1 saturated heterocycles. The zero-order valence-electron chi connectivity index (χ0n) is 13.2. The molecule has 7 heteroatoms. The van der Waals surface area contributed by atoms with Gasteiger partial charge in [0.2, 0.25) is 0 Å². The summed E-state index contributed by atoms with van der Waals surface area (Å²) in [6, 6.07) is -0.165. The van der Waals surface area contributed by atoms with Gasteiger partial charge in [0, 0.05) is 19.5 Å². The summed E-state index contributed by atoms with van der Waals surface area (Å²) in [7, 11) is 6.05. The van der Waals surface area contributed by atoms with Crippen molar-refractivity contribution in [3.63, 3.8) is 0 Å². The number of hydrogen-bond donors (Lipinski definition) is 2. The van der Waals surface area contributed by atoms with Crippen molar-refractivity contribution in [1.82, 2.24) is 24.6 Å². The van der Waals surface area contributed by atoms with Crippen molar-refractivity contribution in [2.24, 2.45) is 7.05 Å². The van der Waals surface area contributed by atoms with Gasteiger partial charge in [-0.25, -0.2) is 0 Å². The number of rotatable bonds is 6. The van der Waals surface area contributed by atoms with Gasteiger partial charge < -0.3 is 19.7 Å². The molecular formula is C14H27N5O2. The molecule has 1 aromatic rings. The third kappa shape index (κ3) is 3.79. The Labute approximate surface area is 126 Å². The van der Waals surface area contributed by atoms with Crippen LogP contribution in [-0.2, 0) is 13.6 Å². The minimum Gasteiger partial charge on any atom is -0.395 e. The number of aromatic nitrogens is 3.